The molecule has 1 aromatic carbocycles. The van der Waals surface area contributed by atoms with Gasteiger partial charge in [0.25, 0.3) is 11.5 Å². The molecule has 3 rings (SSSR count). The van der Waals surface area contributed by atoms with E-state index in [-0.39, 0.29) is 22.9 Å². The van der Waals surface area contributed by atoms with E-state index in [4.69, 9.17) is 5.73 Å². The molecule has 0 aliphatic heterocycles. The molecular weight excluding hydrogens is 420 g/mol. The highest BCUT2D eigenvalue weighted by Crippen LogP contribution is 2.32. The quantitative estimate of drug-likeness (QED) is 0.529. The highest BCUT2D eigenvalue weighted by molar-refractivity contribution is 9.10. The lowest BCUT2D eigenvalue weighted by atomic mass is 10.0. The fraction of sp³-hybridized carbons (Fsp3) is 0.278. The fourth-order valence-corrected chi connectivity index (χ4v) is 3.08. The summed E-state index contributed by atoms with van der Waals surface area (Å²) in [6, 6.07) is 5.58. The van der Waals surface area contributed by atoms with Gasteiger partial charge in [-0.2, -0.15) is 0 Å². The van der Waals surface area contributed by atoms with E-state index in [2.05, 4.69) is 36.2 Å². The molecule has 0 aliphatic carbocycles. The molecule has 1 atom stereocenters. The Morgan fingerprint density at radius 1 is 1.26 bits per heavy atom. The molecule has 142 valence electrons. The molecule has 4 N–H and O–H groups in total. The minimum atomic E-state index is -2.99. The number of pyridine rings is 1. The molecule has 0 amide bonds. The number of rotatable bonds is 4. The van der Waals surface area contributed by atoms with E-state index in [1.807, 2.05) is 6.92 Å². The number of aryl methyl sites for hydroxylation is 1. The summed E-state index contributed by atoms with van der Waals surface area (Å²) in [5.41, 5.74) is 6.60. The molecule has 0 aliphatic rings. The first-order chi connectivity index (χ1) is 12.5. The van der Waals surface area contributed by atoms with Crippen LogP contribution < -0.4 is 16.6 Å². The number of anilines is 2. The predicted octanol–water partition coefficient (Wildman–Crippen LogP) is 4.26. The Bertz CT molecular complexity index is 1080. The van der Waals surface area contributed by atoms with E-state index in [1.165, 1.54) is 12.1 Å². The lowest BCUT2D eigenvalue weighted by molar-refractivity contribution is 0.0174. The van der Waals surface area contributed by atoms with Gasteiger partial charge in [0.2, 0.25) is 0 Å². The SMILES string of the molecule is Cc1nc(N[C@H](C)c2cc(N)cc(C(C)(F)F)c2)c2cc(Br)c(=O)[nH]c2n1. The van der Waals surface area contributed by atoms with Gasteiger partial charge in [-0.05, 0) is 59.6 Å². The van der Waals surface area contributed by atoms with Crippen molar-refractivity contribution in [3.8, 4) is 0 Å². The van der Waals surface area contributed by atoms with Gasteiger partial charge in [0.15, 0.2) is 0 Å². The summed E-state index contributed by atoms with van der Waals surface area (Å²) < 4.78 is 27.8. The zero-order chi connectivity index (χ0) is 19.9. The molecule has 6 nitrogen and oxygen atoms in total. The maximum atomic E-state index is 13.7. The summed E-state index contributed by atoms with van der Waals surface area (Å²) in [7, 11) is 0. The highest BCUT2D eigenvalue weighted by Gasteiger charge is 2.26. The van der Waals surface area contributed by atoms with Crippen molar-refractivity contribution in [2.75, 3.05) is 11.1 Å². The van der Waals surface area contributed by atoms with E-state index < -0.39 is 5.92 Å². The minimum absolute atomic E-state index is 0.151. The van der Waals surface area contributed by atoms with Gasteiger partial charge in [0.1, 0.15) is 17.3 Å². The molecule has 27 heavy (non-hydrogen) atoms. The largest absolute Gasteiger partial charge is 0.399 e. The number of H-pyrrole nitrogens is 1. The number of hydrogen-bond donors (Lipinski definition) is 3. The number of nitrogens with zero attached hydrogens (tertiary/aromatic N) is 2. The number of nitrogens with one attached hydrogen (secondary N) is 2. The van der Waals surface area contributed by atoms with Crippen LogP contribution in [0.1, 0.15) is 36.8 Å². The standard InChI is InChI=1S/C18H18BrF2N5O/c1-8(10-4-11(18(3,20)21)6-12(22)5-10)23-15-13-7-14(19)17(27)26-16(13)25-9(2)24-15/h4-8H,22H2,1-3H3,(H2,23,24,25,26,27)/t8-/m1/s1. The van der Waals surface area contributed by atoms with Crippen LogP contribution in [0.25, 0.3) is 11.0 Å². The van der Waals surface area contributed by atoms with Crippen molar-refractivity contribution in [1.29, 1.82) is 0 Å². The van der Waals surface area contributed by atoms with Gasteiger partial charge in [-0.15, -0.1) is 0 Å². The van der Waals surface area contributed by atoms with E-state index >= 15 is 0 Å². The van der Waals surface area contributed by atoms with E-state index in [0.717, 1.165) is 6.92 Å². The molecule has 0 fully saturated rings. The number of nitrogens with two attached hydrogens (primary N) is 1. The number of nitrogen functional groups attached to an aromatic ring is 1. The fourth-order valence-electron chi connectivity index (χ4n) is 2.75. The molecule has 0 bridgehead atoms. The summed E-state index contributed by atoms with van der Waals surface area (Å²) in [5, 5.41) is 3.80. The Balaban J connectivity index is 2.04. The summed E-state index contributed by atoms with van der Waals surface area (Å²) in [6.45, 7) is 4.35. The molecule has 9 heteroatoms. The van der Waals surface area contributed by atoms with E-state index in [9.17, 15) is 13.6 Å². The van der Waals surface area contributed by atoms with Crippen LogP contribution in [0.2, 0.25) is 0 Å². The Labute approximate surface area is 162 Å². The first kappa shape index (κ1) is 19.2. The third-order valence-corrected chi connectivity index (χ3v) is 4.70. The normalized spacial score (nSPS) is 13.0. The number of aromatic amines is 1. The maximum absolute atomic E-state index is 13.7. The Kier molecular flexibility index (Phi) is 4.90. The molecule has 0 spiro atoms. The van der Waals surface area contributed by atoms with Crippen LogP contribution in [0, 0.1) is 6.92 Å². The summed E-state index contributed by atoms with van der Waals surface area (Å²) in [4.78, 5) is 23.1. The van der Waals surface area contributed by atoms with Crippen molar-refractivity contribution in [3.05, 3.63) is 56.0 Å². The summed E-state index contributed by atoms with van der Waals surface area (Å²) in [5.74, 6) is -2.05. The van der Waals surface area contributed by atoms with E-state index in [1.54, 1.807) is 19.1 Å². The maximum Gasteiger partial charge on any atom is 0.270 e. The van der Waals surface area contributed by atoms with Crippen molar-refractivity contribution >= 4 is 38.5 Å². The average Bonchev–Trinajstić information content (AvgIpc) is 2.55. The van der Waals surface area contributed by atoms with Crippen molar-refractivity contribution in [2.24, 2.45) is 0 Å². The molecule has 0 unspecified atom stereocenters. The van der Waals surface area contributed by atoms with Crippen molar-refractivity contribution in [3.63, 3.8) is 0 Å². The number of benzene rings is 1. The topological polar surface area (TPSA) is 96.7 Å². The van der Waals surface area contributed by atoms with Gasteiger partial charge in [0, 0.05) is 18.2 Å². The first-order valence-corrected chi connectivity index (χ1v) is 8.96. The number of aromatic nitrogens is 3. The van der Waals surface area contributed by atoms with Crippen molar-refractivity contribution in [2.45, 2.75) is 32.7 Å². The van der Waals surface area contributed by atoms with Crippen LogP contribution in [0.3, 0.4) is 0 Å². The van der Waals surface area contributed by atoms with Gasteiger partial charge in [-0.1, -0.05) is 0 Å². The van der Waals surface area contributed by atoms with Crippen LogP contribution in [-0.2, 0) is 5.92 Å². The second-order valence-electron chi connectivity index (χ2n) is 6.47. The second-order valence-corrected chi connectivity index (χ2v) is 7.33. The second kappa shape index (κ2) is 6.88. The Hall–Kier alpha value is -2.55. The zero-order valence-electron chi connectivity index (χ0n) is 14.9. The number of halogens is 3. The summed E-state index contributed by atoms with van der Waals surface area (Å²) in [6.07, 6.45) is 0. The summed E-state index contributed by atoms with van der Waals surface area (Å²) >= 11 is 3.19. The number of alkyl halides is 2. The highest BCUT2D eigenvalue weighted by atomic mass is 79.9. The molecular formula is C18H18BrF2N5O. The molecule has 0 radical (unpaired) electrons. The van der Waals surface area contributed by atoms with Crippen LogP contribution in [-0.4, -0.2) is 15.0 Å². The van der Waals surface area contributed by atoms with Crippen molar-refractivity contribution < 1.29 is 8.78 Å². The van der Waals surface area contributed by atoms with Crippen LogP contribution in [0.4, 0.5) is 20.3 Å². The van der Waals surface area contributed by atoms with E-state index in [0.29, 0.717) is 32.7 Å². The average molecular weight is 438 g/mol. The lowest BCUT2D eigenvalue weighted by Gasteiger charge is -2.19. The van der Waals surface area contributed by atoms with Crippen molar-refractivity contribution in [1.82, 2.24) is 15.0 Å². The predicted molar refractivity (Wildman–Crippen MR) is 105 cm³/mol. The molecule has 0 saturated heterocycles. The molecule has 2 heterocycles. The minimum Gasteiger partial charge on any atom is -0.399 e. The smallest absolute Gasteiger partial charge is 0.270 e. The third-order valence-electron chi connectivity index (χ3n) is 4.12. The molecule has 2 aromatic heterocycles. The van der Waals surface area contributed by atoms with Gasteiger partial charge in [-0.25, -0.2) is 18.7 Å². The van der Waals surface area contributed by atoms with Crippen LogP contribution >= 0.6 is 15.9 Å². The van der Waals surface area contributed by atoms with Gasteiger partial charge >= 0.3 is 0 Å². The number of hydrogen-bond acceptors (Lipinski definition) is 5. The Morgan fingerprint density at radius 3 is 2.63 bits per heavy atom. The van der Waals surface area contributed by atoms with Gasteiger partial charge in [-0.3, -0.25) is 4.79 Å². The van der Waals surface area contributed by atoms with Crippen LogP contribution in [0.15, 0.2) is 33.5 Å². The lowest BCUT2D eigenvalue weighted by Crippen LogP contribution is -2.14. The number of fused-ring (bicyclic) bond motifs is 1. The van der Waals surface area contributed by atoms with Crippen LogP contribution in [0.5, 0.6) is 0 Å². The Morgan fingerprint density at radius 2 is 1.96 bits per heavy atom. The van der Waals surface area contributed by atoms with Gasteiger partial charge in [0.05, 0.1) is 15.9 Å². The monoisotopic (exact) mass is 437 g/mol. The molecule has 0 saturated carbocycles. The first-order valence-electron chi connectivity index (χ1n) is 8.17. The molecule has 3 aromatic rings. The third kappa shape index (κ3) is 4.08. The zero-order valence-corrected chi connectivity index (χ0v) is 16.5. The van der Waals surface area contributed by atoms with Gasteiger partial charge < -0.3 is 16.0 Å².